The maximum atomic E-state index is 12.5. The summed E-state index contributed by atoms with van der Waals surface area (Å²) in [6, 6.07) is 0. The molecule has 2 nitrogen and oxygen atoms in total. The first kappa shape index (κ1) is 15.5. The van der Waals surface area contributed by atoms with Crippen molar-refractivity contribution in [1.29, 1.82) is 0 Å². The first-order valence-corrected chi connectivity index (χ1v) is 9.26. The van der Waals surface area contributed by atoms with Crippen molar-refractivity contribution in [3.05, 3.63) is 0 Å². The summed E-state index contributed by atoms with van der Waals surface area (Å²) in [4.78, 5) is 12.5. The molecule has 3 rings (SSSR count). The first-order valence-electron chi connectivity index (χ1n) is 9.26. The fourth-order valence-corrected chi connectivity index (χ4v) is 5.10. The summed E-state index contributed by atoms with van der Waals surface area (Å²) in [6.07, 6.45) is 11.9. The lowest BCUT2D eigenvalue weighted by Gasteiger charge is -2.46. The van der Waals surface area contributed by atoms with Gasteiger partial charge in [0.15, 0.2) is 0 Å². The average molecular weight is 292 g/mol. The standard InChI is InChI=1S/C19H32O2/c1-14(2)15-6-7-18(20)17(12-15)16-8-11-21-19(13-16)9-4-3-5-10-19/h14-17H,3-13H2,1-2H3. The van der Waals surface area contributed by atoms with Gasteiger partial charge in [-0.25, -0.2) is 0 Å². The van der Waals surface area contributed by atoms with E-state index in [4.69, 9.17) is 4.74 Å². The van der Waals surface area contributed by atoms with E-state index in [1.165, 1.54) is 32.1 Å². The third kappa shape index (κ3) is 3.36. The van der Waals surface area contributed by atoms with Crippen molar-refractivity contribution in [2.45, 2.75) is 83.7 Å². The van der Waals surface area contributed by atoms with E-state index in [0.717, 1.165) is 50.5 Å². The van der Waals surface area contributed by atoms with Crippen molar-refractivity contribution in [1.82, 2.24) is 0 Å². The monoisotopic (exact) mass is 292 g/mol. The third-order valence-corrected chi connectivity index (χ3v) is 6.54. The average Bonchev–Trinajstić information content (AvgIpc) is 2.48. The fraction of sp³-hybridized carbons (Fsp3) is 0.947. The highest BCUT2D eigenvalue weighted by molar-refractivity contribution is 5.82. The molecule has 0 N–H and O–H groups in total. The molecule has 2 saturated carbocycles. The van der Waals surface area contributed by atoms with E-state index in [1.807, 2.05) is 0 Å². The highest BCUT2D eigenvalue weighted by Crippen LogP contribution is 2.46. The topological polar surface area (TPSA) is 26.3 Å². The van der Waals surface area contributed by atoms with Crippen molar-refractivity contribution < 1.29 is 9.53 Å². The van der Waals surface area contributed by atoms with Crippen LogP contribution in [0.1, 0.15) is 78.1 Å². The van der Waals surface area contributed by atoms with Gasteiger partial charge < -0.3 is 4.74 Å². The Hall–Kier alpha value is -0.370. The SMILES string of the molecule is CC(C)C1CCC(=O)C(C2CCOC3(CCCCC3)C2)C1. The van der Waals surface area contributed by atoms with Gasteiger partial charge in [-0.1, -0.05) is 33.1 Å². The lowest BCUT2D eigenvalue weighted by atomic mass is 9.65. The molecule has 3 fully saturated rings. The van der Waals surface area contributed by atoms with E-state index >= 15 is 0 Å². The number of rotatable bonds is 2. The molecule has 1 spiro atoms. The number of hydrogen-bond acceptors (Lipinski definition) is 2. The molecule has 2 heteroatoms. The normalized spacial score (nSPS) is 37.1. The molecule has 0 bridgehead atoms. The maximum absolute atomic E-state index is 12.5. The molecular formula is C19H32O2. The van der Waals surface area contributed by atoms with Crippen molar-refractivity contribution in [3.63, 3.8) is 0 Å². The van der Waals surface area contributed by atoms with Crippen molar-refractivity contribution in [2.75, 3.05) is 6.61 Å². The van der Waals surface area contributed by atoms with Crippen LogP contribution in [0.2, 0.25) is 0 Å². The van der Waals surface area contributed by atoms with E-state index in [1.54, 1.807) is 0 Å². The Labute approximate surface area is 130 Å². The maximum Gasteiger partial charge on any atom is 0.136 e. The zero-order valence-electron chi connectivity index (χ0n) is 13.9. The molecule has 0 radical (unpaired) electrons. The summed E-state index contributed by atoms with van der Waals surface area (Å²) in [7, 11) is 0. The van der Waals surface area contributed by atoms with Gasteiger partial charge in [-0.15, -0.1) is 0 Å². The van der Waals surface area contributed by atoms with Gasteiger partial charge in [0, 0.05) is 18.9 Å². The van der Waals surface area contributed by atoms with Crippen LogP contribution in [0.5, 0.6) is 0 Å². The Balaban J connectivity index is 1.68. The predicted molar refractivity (Wildman–Crippen MR) is 85.2 cm³/mol. The molecule has 0 aromatic heterocycles. The minimum Gasteiger partial charge on any atom is -0.375 e. The quantitative estimate of drug-likeness (QED) is 0.733. The zero-order chi connectivity index (χ0) is 14.9. The Morgan fingerprint density at radius 1 is 1.14 bits per heavy atom. The summed E-state index contributed by atoms with van der Waals surface area (Å²) in [5.41, 5.74) is 0.145. The van der Waals surface area contributed by atoms with Crippen LogP contribution in [-0.4, -0.2) is 18.0 Å². The predicted octanol–water partition coefficient (Wildman–Crippen LogP) is 4.76. The lowest BCUT2D eigenvalue weighted by molar-refractivity contribution is -0.143. The van der Waals surface area contributed by atoms with Crippen molar-refractivity contribution in [3.8, 4) is 0 Å². The van der Waals surface area contributed by atoms with Gasteiger partial charge in [0.2, 0.25) is 0 Å². The Kier molecular flexibility index (Phi) is 4.73. The second-order valence-corrected chi connectivity index (χ2v) is 8.20. The van der Waals surface area contributed by atoms with E-state index < -0.39 is 0 Å². The number of carbonyl (C=O) groups excluding carboxylic acids is 1. The smallest absolute Gasteiger partial charge is 0.136 e. The summed E-state index contributed by atoms with van der Waals surface area (Å²) >= 11 is 0. The highest BCUT2D eigenvalue weighted by atomic mass is 16.5. The summed E-state index contributed by atoms with van der Waals surface area (Å²) < 4.78 is 6.23. The Morgan fingerprint density at radius 3 is 2.62 bits per heavy atom. The second kappa shape index (κ2) is 6.40. The summed E-state index contributed by atoms with van der Waals surface area (Å²) in [5.74, 6) is 2.99. The number of carbonyl (C=O) groups is 1. The second-order valence-electron chi connectivity index (χ2n) is 8.20. The van der Waals surface area contributed by atoms with Crippen molar-refractivity contribution >= 4 is 5.78 Å². The molecule has 2 aliphatic carbocycles. The van der Waals surface area contributed by atoms with E-state index in [9.17, 15) is 4.79 Å². The largest absolute Gasteiger partial charge is 0.375 e. The molecule has 3 atom stereocenters. The van der Waals surface area contributed by atoms with Gasteiger partial charge in [0.25, 0.3) is 0 Å². The molecule has 3 unspecified atom stereocenters. The van der Waals surface area contributed by atoms with Crippen molar-refractivity contribution in [2.24, 2.45) is 23.7 Å². The molecular weight excluding hydrogens is 260 g/mol. The van der Waals surface area contributed by atoms with Gasteiger partial charge in [0.1, 0.15) is 5.78 Å². The minimum atomic E-state index is 0.145. The summed E-state index contributed by atoms with van der Waals surface area (Å²) in [6.45, 7) is 5.54. The molecule has 1 heterocycles. The number of ketones is 1. The summed E-state index contributed by atoms with van der Waals surface area (Å²) in [5, 5.41) is 0. The molecule has 120 valence electrons. The number of Topliss-reactive ketones (excluding diaryl/α,β-unsaturated/α-hetero) is 1. The van der Waals surface area contributed by atoms with E-state index in [0.29, 0.717) is 17.6 Å². The van der Waals surface area contributed by atoms with Crippen LogP contribution in [0.4, 0.5) is 0 Å². The fourth-order valence-electron chi connectivity index (χ4n) is 5.10. The molecule has 21 heavy (non-hydrogen) atoms. The van der Waals surface area contributed by atoms with Gasteiger partial charge in [0.05, 0.1) is 5.60 Å². The molecule has 0 amide bonds. The molecule has 1 aliphatic heterocycles. The minimum absolute atomic E-state index is 0.145. The van der Waals surface area contributed by atoms with Gasteiger partial charge in [-0.2, -0.15) is 0 Å². The lowest BCUT2D eigenvalue weighted by Crippen LogP contribution is -2.45. The first-order chi connectivity index (χ1) is 10.1. The van der Waals surface area contributed by atoms with Crippen LogP contribution in [0, 0.1) is 23.7 Å². The Bertz CT molecular complexity index is 362. The molecule has 0 aromatic carbocycles. The molecule has 0 aromatic rings. The number of hydrogen-bond donors (Lipinski definition) is 0. The van der Waals surface area contributed by atoms with Crippen LogP contribution in [0.15, 0.2) is 0 Å². The van der Waals surface area contributed by atoms with Gasteiger partial charge >= 0.3 is 0 Å². The molecule has 3 aliphatic rings. The van der Waals surface area contributed by atoms with E-state index in [-0.39, 0.29) is 5.60 Å². The van der Waals surface area contributed by atoms with E-state index in [2.05, 4.69) is 13.8 Å². The van der Waals surface area contributed by atoms with Crippen LogP contribution in [0.25, 0.3) is 0 Å². The number of ether oxygens (including phenoxy) is 1. The van der Waals surface area contributed by atoms with Crippen LogP contribution in [0.3, 0.4) is 0 Å². The molecule has 1 saturated heterocycles. The van der Waals surface area contributed by atoms with Gasteiger partial charge in [-0.05, 0) is 56.3 Å². The third-order valence-electron chi connectivity index (χ3n) is 6.54. The van der Waals surface area contributed by atoms with Crippen LogP contribution >= 0.6 is 0 Å². The van der Waals surface area contributed by atoms with Gasteiger partial charge in [-0.3, -0.25) is 4.79 Å². The van der Waals surface area contributed by atoms with Crippen LogP contribution in [-0.2, 0) is 9.53 Å². The Morgan fingerprint density at radius 2 is 1.90 bits per heavy atom. The highest BCUT2D eigenvalue weighted by Gasteiger charge is 2.44. The zero-order valence-corrected chi connectivity index (χ0v) is 13.9. The van der Waals surface area contributed by atoms with Crippen LogP contribution < -0.4 is 0 Å².